The van der Waals surface area contributed by atoms with Crippen molar-refractivity contribution in [3.63, 3.8) is 0 Å². The van der Waals surface area contributed by atoms with Gasteiger partial charge in [0.25, 0.3) is 0 Å². The smallest absolute Gasteiger partial charge is 0.161 e. The Hall–Kier alpha value is -2.06. The molecule has 2 aromatic heterocycles. The van der Waals surface area contributed by atoms with Gasteiger partial charge in [0.2, 0.25) is 0 Å². The van der Waals surface area contributed by atoms with Gasteiger partial charge in [-0.3, -0.25) is 5.10 Å². The molecule has 92 valence electrons. The van der Waals surface area contributed by atoms with Gasteiger partial charge in [-0.2, -0.15) is 10.4 Å². The van der Waals surface area contributed by atoms with Gasteiger partial charge in [-0.05, 0) is 26.0 Å². The van der Waals surface area contributed by atoms with E-state index in [-0.39, 0.29) is 5.69 Å². The minimum absolute atomic E-state index is 0.224. The van der Waals surface area contributed by atoms with Crippen LogP contribution in [-0.2, 0) is 6.54 Å². The number of hydrogen-bond acceptors (Lipinski definition) is 4. The molecule has 0 radical (unpaired) electrons. The lowest BCUT2D eigenvalue weighted by Crippen LogP contribution is -2.04. The van der Waals surface area contributed by atoms with Crippen molar-refractivity contribution in [3.8, 4) is 6.07 Å². The van der Waals surface area contributed by atoms with E-state index < -0.39 is 0 Å². The van der Waals surface area contributed by atoms with E-state index in [4.69, 9.17) is 16.9 Å². The maximum Gasteiger partial charge on any atom is 0.161 e. The summed E-state index contributed by atoms with van der Waals surface area (Å²) in [7, 11) is 0. The number of hydrogen-bond donors (Lipinski definition) is 2. The standard InChI is InChI=1S/C12H12ClN5/c1-7-9(8(2)18-17-7)6-15-12-4-3-10(13)11(5-14)16-12/h3-4H,6H2,1-2H3,(H,15,16)(H,17,18). The molecular formula is C12H12ClN5. The zero-order chi connectivity index (χ0) is 13.1. The number of nitrogens with one attached hydrogen (secondary N) is 2. The summed E-state index contributed by atoms with van der Waals surface area (Å²) in [6.07, 6.45) is 0. The molecule has 6 heteroatoms. The molecule has 0 fully saturated rings. The van der Waals surface area contributed by atoms with Gasteiger partial charge in [-0.25, -0.2) is 4.98 Å². The van der Waals surface area contributed by atoms with Crippen LogP contribution < -0.4 is 5.32 Å². The van der Waals surface area contributed by atoms with Gasteiger partial charge in [0.1, 0.15) is 11.9 Å². The van der Waals surface area contributed by atoms with Crippen LogP contribution in [0.3, 0.4) is 0 Å². The maximum absolute atomic E-state index is 8.84. The molecule has 0 saturated heterocycles. The zero-order valence-electron chi connectivity index (χ0n) is 10.1. The number of aromatic amines is 1. The summed E-state index contributed by atoms with van der Waals surface area (Å²) < 4.78 is 0. The van der Waals surface area contributed by atoms with Crippen molar-refractivity contribution < 1.29 is 0 Å². The molecule has 0 aliphatic rings. The predicted molar refractivity (Wildman–Crippen MR) is 69.4 cm³/mol. The summed E-state index contributed by atoms with van der Waals surface area (Å²) >= 11 is 5.82. The molecule has 0 aromatic carbocycles. The molecule has 0 aliphatic carbocycles. The monoisotopic (exact) mass is 261 g/mol. The van der Waals surface area contributed by atoms with Crippen molar-refractivity contribution in [2.24, 2.45) is 0 Å². The predicted octanol–water partition coefficient (Wildman–Crippen LogP) is 2.56. The van der Waals surface area contributed by atoms with Gasteiger partial charge < -0.3 is 5.32 Å². The molecule has 0 atom stereocenters. The summed E-state index contributed by atoms with van der Waals surface area (Å²) in [5.41, 5.74) is 3.30. The van der Waals surface area contributed by atoms with E-state index in [1.807, 2.05) is 19.9 Å². The molecule has 0 aliphatic heterocycles. The highest BCUT2D eigenvalue weighted by Gasteiger charge is 2.07. The third-order valence-corrected chi connectivity index (χ3v) is 2.98. The SMILES string of the molecule is Cc1n[nH]c(C)c1CNc1ccc(Cl)c(C#N)n1. The Morgan fingerprint density at radius 1 is 1.44 bits per heavy atom. The number of rotatable bonds is 3. The average Bonchev–Trinajstić information content (AvgIpc) is 2.68. The Kier molecular flexibility index (Phi) is 3.49. The zero-order valence-corrected chi connectivity index (χ0v) is 10.8. The van der Waals surface area contributed by atoms with E-state index in [1.165, 1.54) is 0 Å². The number of aryl methyl sites for hydroxylation is 2. The number of nitrogens with zero attached hydrogens (tertiary/aromatic N) is 3. The molecule has 0 saturated carbocycles. The summed E-state index contributed by atoms with van der Waals surface area (Å²) in [5, 5.41) is 19.4. The fourth-order valence-electron chi connectivity index (χ4n) is 1.63. The third kappa shape index (κ3) is 2.44. The van der Waals surface area contributed by atoms with Gasteiger partial charge in [0.15, 0.2) is 5.69 Å². The van der Waals surface area contributed by atoms with E-state index in [0.29, 0.717) is 17.4 Å². The molecular weight excluding hydrogens is 250 g/mol. The third-order valence-electron chi connectivity index (χ3n) is 2.68. The molecule has 2 rings (SSSR count). The number of pyridine rings is 1. The van der Waals surface area contributed by atoms with Crippen LogP contribution in [0.1, 0.15) is 22.6 Å². The first kappa shape index (κ1) is 12.4. The topological polar surface area (TPSA) is 77.4 Å². The number of nitriles is 1. The normalized spacial score (nSPS) is 10.1. The minimum atomic E-state index is 0.224. The fourth-order valence-corrected chi connectivity index (χ4v) is 1.78. The average molecular weight is 262 g/mol. The molecule has 0 amide bonds. The molecule has 0 bridgehead atoms. The largest absolute Gasteiger partial charge is 0.366 e. The van der Waals surface area contributed by atoms with Crippen molar-refractivity contribution in [3.05, 3.63) is 39.8 Å². The lowest BCUT2D eigenvalue weighted by atomic mass is 10.2. The molecule has 0 unspecified atom stereocenters. The van der Waals surface area contributed by atoms with Crippen LogP contribution in [0.4, 0.5) is 5.82 Å². The highest BCUT2D eigenvalue weighted by molar-refractivity contribution is 6.31. The highest BCUT2D eigenvalue weighted by atomic mass is 35.5. The first-order chi connectivity index (χ1) is 8.61. The van der Waals surface area contributed by atoms with Gasteiger partial charge in [0.05, 0.1) is 10.7 Å². The van der Waals surface area contributed by atoms with E-state index >= 15 is 0 Å². The van der Waals surface area contributed by atoms with Crippen LogP contribution in [0, 0.1) is 25.2 Å². The van der Waals surface area contributed by atoms with E-state index in [1.54, 1.807) is 12.1 Å². The number of aromatic nitrogens is 3. The second-order valence-corrected chi connectivity index (χ2v) is 4.31. The van der Waals surface area contributed by atoms with Crippen LogP contribution in [0.5, 0.6) is 0 Å². The van der Waals surface area contributed by atoms with Crippen molar-refractivity contribution in [2.45, 2.75) is 20.4 Å². The molecule has 5 nitrogen and oxygen atoms in total. The molecule has 2 heterocycles. The number of anilines is 1. The van der Waals surface area contributed by atoms with Crippen LogP contribution in [0.2, 0.25) is 5.02 Å². The van der Waals surface area contributed by atoms with Crippen LogP contribution >= 0.6 is 11.6 Å². The van der Waals surface area contributed by atoms with E-state index in [9.17, 15) is 0 Å². The van der Waals surface area contributed by atoms with E-state index in [0.717, 1.165) is 17.0 Å². The molecule has 0 spiro atoms. The minimum Gasteiger partial charge on any atom is -0.366 e. The Morgan fingerprint density at radius 3 is 2.83 bits per heavy atom. The second-order valence-electron chi connectivity index (χ2n) is 3.90. The highest BCUT2D eigenvalue weighted by Crippen LogP contribution is 2.17. The van der Waals surface area contributed by atoms with Crippen LogP contribution in [0.25, 0.3) is 0 Å². The quantitative estimate of drug-likeness (QED) is 0.890. The second kappa shape index (κ2) is 5.07. The summed E-state index contributed by atoms with van der Waals surface area (Å²) in [4.78, 5) is 4.11. The Bertz CT molecular complexity index is 592. The first-order valence-corrected chi connectivity index (χ1v) is 5.80. The Labute approximate surface area is 110 Å². The summed E-state index contributed by atoms with van der Waals surface area (Å²) in [6.45, 7) is 4.51. The Balaban J connectivity index is 2.14. The molecule has 2 aromatic rings. The van der Waals surface area contributed by atoms with Crippen molar-refractivity contribution in [1.29, 1.82) is 5.26 Å². The van der Waals surface area contributed by atoms with Gasteiger partial charge >= 0.3 is 0 Å². The van der Waals surface area contributed by atoms with Crippen LogP contribution in [0.15, 0.2) is 12.1 Å². The lowest BCUT2D eigenvalue weighted by molar-refractivity contribution is 1.02. The molecule has 2 N–H and O–H groups in total. The maximum atomic E-state index is 8.84. The Morgan fingerprint density at radius 2 is 2.22 bits per heavy atom. The summed E-state index contributed by atoms with van der Waals surface area (Å²) in [5.74, 6) is 0.621. The van der Waals surface area contributed by atoms with Gasteiger partial charge in [-0.15, -0.1) is 0 Å². The lowest BCUT2D eigenvalue weighted by Gasteiger charge is -2.06. The van der Waals surface area contributed by atoms with Crippen molar-refractivity contribution in [2.75, 3.05) is 5.32 Å². The fraction of sp³-hybridized carbons (Fsp3) is 0.250. The van der Waals surface area contributed by atoms with Gasteiger partial charge in [-0.1, -0.05) is 11.6 Å². The number of halogens is 1. The van der Waals surface area contributed by atoms with Crippen molar-refractivity contribution >= 4 is 17.4 Å². The first-order valence-electron chi connectivity index (χ1n) is 5.42. The molecule has 18 heavy (non-hydrogen) atoms. The van der Waals surface area contributed by atoms with Crippen molar-refractivity contribution in [1.82, 2.24) is 15.2 Å². The number of H-pyrrole nitrogens is 1. The van der Waals surface area contributed by atoms with Crippen LogP contribution in [-0.4, -0.2) is 15.2 Å². The van der Waals surface area contributed by atoms with E-state index in [2.05, 4.69) is 20.5 Å². The van der Waals surface area contributed by atoms with Gasteiger partial charge in [0, 0.05) is 17.8 Å². The summed E-state index contributed by atoms with van der Waals surface area (Å²) in [6, 6.07) is 5.35.